The Bertz CT molecular complexity index is 182. The van der Waals surface area contributed by atoms with E-state index in [1.54, 1.807) is 0 Å². The smallest absolute Gasteiger partial charge is 0.210 e. The number of ether oxygens (including phenoxy) is 1. The zero-order valence-corrected chi connectivity index (χ0v) is 13.5. The second-order valence-corrected chi connectivity index (χ2v) is 5.81. The van der Waals surface area contributed by atoms with Crippen molar-refractivity contribution in [1.29, 1.82) is 1.43 Å². The van der Waals surface area contributed by atoms with Gasteiger partial charge in [0.2, 0.25) is 1.43 Å². The van der Waals surface area contributed by atoms with Gasteiger partial charge in [0.25, 0.3) is 0 Å². The maximum atomic E-state index is 6.79. The first kappa shape index (κ1) is 17.0. The Balaban J connectivity index is 3.26. The highest BCUT2D eigenvalue weighted by Crippen LogP contribution is 2.15. The Morgan fingerprint density at radius 2 is 1.53 bits per heavy atom. The fourth-order valence-electron chi connectivity index (χ4n) is 2.40. The maximum Gasteiger partial charge on any atom is 0.210 e. The maximum absolute atomic E-state index is 6.79. The normalized spacial score (nSPS) is 15.2. The summed E-state index contributed by atoms with van der Waals surface area (Å²) in [5, 5.41) is 4.43. The number of hydrogen-bond donors (Lipinski definition) is 1. The summed E-state index contributed by atoms with van der Waals surface area (Å²) in [5.41, 5.74) is 0. The van der Waals surface area contributed by atoms with Gasteiger partial charge < -0.3 is 9.85 Å². The molecule has 0 aliphatic carbocycles. The molecule has 0 aromatic heterocycles. The zero-order chi connectivity index (χ0) is 15.1. The van der Waals surface area contributed by atoms with Crippen LogP contribution < -0.4 is 0 Å². The molecule has 0 aliphatic rings. The molecule has 0 saturated carbocycles. The van der Waals surface area contributed by atoms with Gasteiger partial charge in [-0.2, -0.15) is 0 Å². The van der Waals surface area contributed by atoms with Gasteiger partial charge in [0.1, 0.15) is 0 Å². The number of aliphatic hydroxyl groups is 1. The van der Waals surface area contributed by atoms with Crippen LogP contribution in [-0.2, 0) is 4.74 Å². The van der Waals surface area contributed by atoms with Crippen molar-refractivity contribution in [2.24, 2.45) is 5.92 Å². The standard InChI is InChI=1S/C17H36O2/c1-4-16(3)13-11-9-7-6-8-10-12-14-17(15-18)19-5-2/h16-18H,4-15H2,1-3H3/i18D. The van der Waals surface area contributed by atoms with E-state index in [0.29, 0.717) is 13.2 Å². The van der Waals surface area contributed by atoms with E-state index < -0.39 is 0 Å². The summed E-state index contributed by atoms with van der Waals surface area (Å²) in [5.74, 6) is 0.907. The fourth-order valence-corrected chi connectivity index (χ4v) is 2.40. The molecule has 0 amide bonds. The molecular weight excluding hydrogens is 236 g/mol. The van der Waals surface area contributed by atoms with Gasteiger partial charge in [-0.15, -0.1) is 0 Å². The Hall–Kier alpha value is -0.0800. The Kier molecular flexibility index (Phi) is 12.8. The first-order valence-electron chi connectivity index (χ1n) is 8.85. The molecule has 116 valence electrons. The SMILES string of the molecule is [2H]OCC(CCCCCCCCCC(C)CC)OCC. The molecule has 2 atom stereocenters. The molecule has 2 nitrogen and oxygen atoms in total. The highest BCUT2D eigenvalue weighted by molar-refractivity contribution is 4.57. The Morgan fingerprint density at radius 3 is 2.05 bits per heavy atom. The molecule has 0 spiro atoms. The molecule has 0 aromatic rings. The van der Waals surface area contributed by atoms with Gasteiger partial charge in [-0.3, -0.25) is 0 Å². The average molecular weight is 273 g/mol. The summed E-state index contributed by atoms with van der Waals surface area (Å²) in [6.45, 7) is 7.76. The van der Waals surface area contributed by atoms with E-state index in [2.05, 4.69) is 19.0 Å². The molecule has 0 aliphatic heterocycles. The molecule has 1 N–H and O–H groups in total. The molecule has 19 heavy (non-hydrogen) atoms. The van der Waals surface area contributed by atoms with E-state index in [-0.39, 0.29) is 6.10 Å². The van der Waals surface area contributed by atoms with Gasteiger partial charge in [-0.25, -0.2) is 0 Å². The van der Waals surface area contributed by atoms with Gasteiger partial charge in [-0.05, 0) is 19.3 Å². The predicted octanol–water partition coefficient (Wildman–Crippen LogP) is 4.94. The van der Waals surface area contributed by atoms with Crippen molar-refractivity contribution in [3.63, 3.8) is 0 Å². The number of unbranched alkanes of at least 4 members (excludes halogenated alkanes) is 6. The molecule has 0 radical (unpaired) electrons. The molecule has 0 heterocycles. The van der Waals surface area contributed by atoms with Crippen molar-refractivity contribution in [2.45, 2.75) is 91.1 Å². The van der Waals surface area contributed by atoms with Crippen molar-refractivity contribution in [2.75, 3.05) is 13.2 Å². The molecule has 0 rings (SSSR count). The lowest BCUT2D eigenvalue weighted by Crippen LogP contribution is -2.17. The van der Waals surface area contributed by atoms with Crippen LogP contribution in [0.1, 0.15) is 85.0 Å². The van der Waals surface area contributed by atoms with Crippen LogP contribution in [0, 0.1) is 5.92 Å². The van der Waals surface area contributed by atoms with Crippen LogP contribution in [0.25, 0.3) is 0 Å². The van der Waals surface area contributed by atoms with E-state index in [9.17, 15) is 0 Å². The topological polar surface area (TPSA) is 29.5 Å². The lowest BCUT2D eigenvalue weighted by molar-refractivity contribution is 0.0136. The third-order valence-electron chi connectivity index (χ3n) is 4.01. The molecule has 2 heteroatoms. The molecule has 0 aromatic carbocycles. The minimum Gasteiger partial charge on any atom is -0.394 e. The number of rotatable bonds is 15. The molecule has 0 fully saturated rings. The van der Waals surface area contributed by atoms with Crippen LogP contribution in [0.3, 0.4) is 0 Å². The van der Waals surface area contributed by atoms with Crippen LogP contribution in [0.5, 0.6) is 0 Å². The van der Waals surface area contributed by atoms with Gasteiger partial charge in [0, 0.05) is 6.61 Å². The highest BCUT2D eigenvalue weighted by atomic mass is 16.5. The lowest BCUT2D eigenvalue weighted by atomic mass is 9.99. The molecule has 0 bridgehead atoms. The van der Waals surface area contributed by atoms with Crippen LogP contribution in [0.2, 0.25) is 0 Å². The first-order chi connectivity index (χ1) is 9.74. The highest BCUT2D eigenvalue weighted by Gasteiger charge is 2.05. The van der Waals surface area contributed by atoms with Gasteiger partial charge >= 0.3 is 0 Å². The van der Waals surface area contributed by atoms with E-state index in [4.69, 9.17) is 6.17 Å². The summed E-state index contributed by atoms with van der Waals surface area (Å²) < 4.78 is 12.3. The Labute approximate surface area is 122 Å². The van der Waals surface area contributed by atoms with Gasteiger partial charge in [-0.1, -0.05) is 71.6 Å². The zero-order valence-electron chi connectivity index (χ0n) is 14.5. The summed E-state index contributed by atoms with van der Waals surface area (Å²) in [6, 6.07) is 0. The summed E-state index contributed by atoms with van der Waals surface area (Å²) in [6.07, 6.45) is 13.3. The van der Waals surface area contributed by atoms with Crippen molar-refractivity contribution >= 4 is 0 Å². The van der Waals surface area contributed by atoms with Crippen LogP contribution in [-0.4, -0.2) is 25.9 Å². The predicted molar refractivity (Wildman–Crippen MR) is 83.5 cm³/mol. The van der Waals surface area contributed by atoms with Crippen molar-refractivity contribution in [3.8, 4) is 0 Å². The lowest BCUT2D eigenvalue weighted by Gasteiger charge is -2.13. The third kappa shape index (κ3) is 12.7. The first-order valence-corrected chi connectivity index (χ1v) is 8.44. The number of hydrogen-bond acceptors (Lipinski definition) is 2. The van der Waals surface area contributed by atoms with Gasteiger partial charge in [0.05, 0.1) is 12.7 Å². The number of aliphatic hydroxyl groups excluding tert-OH is 1. The fraction of sp³-hybridized carbons (Fsp3) is 1.00. The van der Waals surface area contributed by atoms with Crippen LogP contribution >= 0.6 is 0 Å². The largest absolute Gasteiger partial charge is 0.394 e. The molecule has 0 saturated heterocycles. The van der Waals surface area contributed by atoms with Crippen molar-refractivity contribution < 1.29 is 9.85 Å². The quantitative estimate of drug-likeness (QED) is 0.428. The third-order valence-corrected chi connectivity index (χ3v) is 4.01. The van der Waals surface area contributed by atoms with E-state index in [1.807, 2.05) is 6.92 Å². The molecule has 2 unspecified atom stereocenters. The van der Waals surface area contributed by atoms with E-state index in [1.165, 1.54) is 57.8 Å². The summed E-state index contributed by atoms with van der Waals surface area (Å²) >= 11 is 0. The van der Waals surface area contributed by atoms with Crippen molar-refractivity contribution in [1.82, 2.24) is 0 Å². The summed E-state index contributed by atoms with van der Waals surface area (Å²) in [4.78, 5) is 0. The monoisotopic (exact) mass is 273 g/mol. The Morgan fingerprint density at radius 1 is 0.947 bits per heavy atom. The van der Waals surface area contributed by atoms with Crippen molar-refractivity contribution in [3.05, 3.63) is 0 Å². The average Bonchev–Trinajstić information content (AvgIpc) is 2.45. The second kappa shape index (κ2) is 14.3. The van der Waals surface area contributed by atoms with Gasteiger partial charge in [0.15, 0.2) is 0 Å². The molecular formula is C17H36O2. The van der Waals surface area contributed by atoms with Crippen LogP contribution in [0.15, 0.2) is 0 Å². The summed E-state index contributed by atoms with van der Waals surface area (Å²) in [7, 11) is 0. The minimum atomic E-state index is 0.119. The van der Waals surface area contributed by atoms with Crippen LogP contribution in [0.4, 0.5) is 0 Å². The van der Waals surface area contributed by atoms with E-state index >= 15 is 0 Å². The minimum absolute atomic E-state index is 0.119. The van der Waals surface area contributed by atoms with E-state index in [0.717, 1.165) is 12.3 Å². The second-order valence-electron chi connectivity index (χ2n) is 5.81.